The minimum absolute atomic E-state index is 0.107. The monoisotopic (exact) mass is 525 g/mol. The third-order valence-corrected chi connectivity index (χ3v) is 6.78. The molecule has 0 N–H and O–H groups in total. The van der Waals surface area contributed by atoms with E-state index in [2.05, 4.69) is 9.97 Å². The number of alkyl halides is 2. The molecular formula is C27H26ClF2N5O2. The maximum Gasteiger partial charge on any atom is 0.343 e. The van der Waals surface area contributed by atoms with Crippen molar-refractivity contribution in [3.63, 3.8) is 0 Å². The Kier molecular flexibility index (Phi) is 7.06. The van der Waals surface area contributed by atoms with Crippen LogP contribution in [0.25, 0.3) is 0 Å². The summed E-state index contributed by atoms with van der Waals surface area (Å²) in [5.74, 6) is -2.80. The predicted octanol–water partition coefficient (Wildman–Crippen LogP) is 5.55. The fraction of sp³-hybridized carbons (Fsp3) is 0.333. The van der Waals surface area contributed by atoms with Gasteiger partial charge in [0, 0.05) is 43.1 Å². The van der Waals surface area contributed by atoms with Gasteiger partial charge in [-0.1, -0.05) is 54.1 Å². The normalized spacial score (nSPS) is 19.0. The van der Waals surface area contributed by atoms with Crippen LogP contribution >= 0.6 is 11.6 Å². The lowest BCUT2D eigenvalue weighted by Gasteiger charge is -2.32. The third-order valence-electron chi connectivity index (χ3n) is 6.53. The summed E-state index contributed by atoms with van der Waals surface area (Å²) in [6, 6.07) is 17.4. The lowest BCUT2D eigenvalue weighted by Crippen LogP contribution is -2.40. The van der Waals surface area contributed by atoms with Crippen molar-refractivity contribution in [1.29, 1.82) is 0 Å². The fourth-order valence-electron chi connectivity index (χ4n) is 4.56. The van der Waals surface area contributed by atoms with Crippen molar-refractivity contribution in [2.75, 3.05) is 36.1 Å². The Bertz CT molecular complexity index is 1290. The van der Waals surface area contributed by atoms with E-state index in [-0.39, 0.29) is 55.8 Å². The molecule has 10 heteroatoms. The molecule has 1 fully saturated rings. The van der Waals surface area contributed by atoms with Crippen LogP contribution in [0, 0.1) is 0 Å². The Labute approximate surface area is 218 Å². The highest BCUT2D eigenvalue weighted by molar-refractivity contribution is 6.30. The summed E-state index contributed by atoms with van der Waals surface area (Å²) in [5, 5.41) is 7.20. The Morgan fingerprint density at radius 2 is 1.81 bits per heavy atom. The number of hydrogen-bond acceptors (Lipinski definition) is 7. The summed E-state index contributed by atoms with van der Waals surface area (Å²) in [4.78, 5) is 23.5. The second-order valence-corrected chi connectivity index (χ2v) is 9.44. The number of esters is 1. The van der Waals surface area contributed by atoms with Crippen LogP contribution in [-0.4, -0.2) is 53.8 Å². The maximum absolute atomic E-state index is 13.7. The van der Waals surface area contributed by atoms with E-state index in [1.165, 1.54) is 6.20 Å². The zero-order valence-electron chi connectivity index (χ0n) is 20.3. The van der Waals surface area contributed by atoms with Gasteiger partial charge in [0.15, 0.2) is 5.82 Å². The number of hydrazone groups is 1. The molecule has 192 valence electrons. The molecule has 0 spiro atoms. The highest BCUT2D eigenvalue weighted by Gasteiger charge is 2.36. The molecule has 1 unspecified atom stereocenters. The van der Waals surface area contributed by atoms with Crippen LogP contribution in [0.3, 0.4) is 0 Å². The number of ether oxygens (including phenoxy) is 1. The van der Waals surface area contributed by atoms with Gasteiger partial charge in [0.25, 0.3) is 5.92 Å². The Hall–Kier alpha value is -3.59. The number of aromatic nitrogens is 2. The van der Waals surface area contributed by atoms with Gasteiger partial charge < -0.3 is 9.64 Å². The van der Waals surface area contributed by atoms with Crippen molar-refractivity contribution in [3.05, 3.63) is 82.5 Å². The number of nitrogens with zero attached hydrogens (tertiary/aromatic N) is 5. The van der Waals surface area contributed by atoms with Crippen LogP contribution in [0.4, 0.5) is 20.5 Å². The summed E-state index contributed by atoms with van der Waals surface area (Å²) >= 11 is 6.12. The van der Waals surface area contributed by atoms with Gasteiger partial charge >= 0.3 is 5.97 Å². The largest absolute Gasteiger partial charge is 0.462 e. The van der Waals surface area contributed by atoms with Crippen molar-refractivity contribution in [2.45, 2.75) is 31.6 Å². The molecule has 1 atom stereocenters. The Morgan fingerprint density at radius 3 is 2.49 bits per heavy atom. The molecule has 37 heavy (non-hydrogen) atoms. The number of rotatable bonds is 6. The van der Waals surface area contributed by atoms with Crippen LogP contribution in [0.1, 0.15) is 47.2 Å². The molecule has 0 aliphatic carbocycles. The molecule has 2 aromatic carbocycles. The molecule has 1 aromatic heterocycles. The van der Waals surface area contributed by atoms with Crippen LogP contribution in [0.5, 0.6) is 0 Å². The number of anilines is 2. The minimum Gasteiger partial charge on any atom is -0.462 e. The van der Waals surface area contributed by atoms with Crippen molar-refractivity contribution in [3.8, 4) is 0 Å². The Morgan fingerprint density at radius 1 is 1.11 bits per heavy atom. The second kappa shape index (κ2) is 10.4. The summed E-state index contributed by atoms with van der Waals surface area (Å²) < 4.78 is 32.7. The first-order chi connectivity index (χ1) is 17.8. The van der Waals surface area contributed by atoms with Gasteiger partial charge in [0.2, 0.25) is 5.95 Å². The molecule has 0 bridgehead atoms. The van der Waals surface area contributed by atoms with E-state index in [0.717, 1.165) is 16.8 Å². The van der Waals surface area contributed by atoms with Crippen LogP contribution < -0.4 is 9.91 Å². The average Bonchev–Trinajstić information content (AvgIpc) is 3.35. The average molecular weight is 526 g/mol. The van der Waals surface area contributed by atoms with Crippen molar-refractivity contribution >= 4 is 35.0 Å². The number of benzene rings is 2. The lowest BCUT2D eigenvalue weighted by atomic mass is 9.91. The highest BCUT2D eigenvalue weighted by atomic mass is 35.5. The van der Waals surface area contributed by atoms with Gasteiger partial charge in [0.05, 0.1) is 18.9 Å². The van der Waals surface area contributed by atoms with Gasteiger partial charge in [-0.15, -0.1) is 0 Å². The number of hydrogen-bond donors (Lipinski definition) is 0. The maximum atomic E-state index is 13.7. The van der Waals surface area contributed by atoms with E-state index in [4.69, 9.17) is 21.4 Å². The predicted molar refractivity (Wildman–Crippen MR) is 139 cm³/mol. The highest BCUT2D eigenvalue weighted by Crippen LogP contribution is 2.35. The second-order valence-electron chi connectivity index (χ2n) is 9.01. The zero-order chi connectivity index (χ0) is 26.0. The molecule has 2 aliphatic heterocycles. The van der Waals surface area contributed by atoms with Crippen LogP contribution in [-0.2, 0) is 4.74 Å². The molecular weight excluding hydrogens is 500 g/mol. The third kappa shape index (κ3) is 5.41. The Balaban J connectivity index is 1.56. The van der Waals surface area contributed by atoms with E-state index in [0.29, 0.717) is 11.6 Å². The molecule has 7 nitrogen and oxygen atoms in total. The van der Waals surface area contributed by atoms with E-state index in [9.17, 15) is 13.6 Å². The van der Waals surface area contributed by atoms with Gasteiger partial charge in [-0.3, -0.25) is 0 Å². The van der Waals surface area contributed by atoms with Crippen molar-refractivity contribution in [1.82, 2.24) is 9.97 Å². The molecule has 0 amide bonds. The zero-order valence-corrected chi connectivity index (χ0v) is 21.0. The molecule has 3 aromatic rings. The summed E-state index contributed by atoms with van der Waals surface area (Å²) in [5.41, 5.74) is 2.92. The van der Waals surface area contributed by atoms with E-state index in [1.807, 2.05) is 54.6 Å². The fourth-order valence-corrected chi connectivity index (χ4v) is 4.69. The minimum atomic E-state index is -2.69. The summed E-state index contributed by atoms with van der Waals surface area (Å²) in [7, 11) is 0. The topological polar surface area (TPSA) is 70.9 Å². The molecule has 3 heterocycles. The van der Waals surface area contributed by atoms with Gasteiger partial charge in [-0.2, -0.15) is 10.1 Å². The molecule has 2 aliphatic rings. The number of carbonyl (C=O) groups excluding carboxylic acids is 1. The molecule has 0 saturated carbocycles. The van der Waals surface area contributed by atoms with E-state index >= 15 is 0 Å². The van der Waals surface area contributed by atoms with E-state index in [1.54, 1.807) is 16.8 Å². The smallest absolute Gasteiger partial charge is 0.343 e. The quantitative estimate of drug-likeness (QED) is 0.393. The number of halogens is 3. The molecule has 1 saturated heterocycles. The first kappa shape index (κ1) is 25.1. The van der Waals surface area contributed by atoms with Gasteiger partial charge in [-0.25, -0.2) is 23.6 Å². The summed E-state index contributed by atoms with van der Waals surface area (Å²) in [6.45, 7) is 2.57. The standard InChI is InChI=1S/C27H26ClF2N5O2/c1-2-37-25(36)21-16-31-26(34-14-12-27(29,30)13-15-34)32-24(21)35-17-22(18-6-4-3-5-7-18)23(33-35)19-8-10-20(28)11-9-19/h3-11,16,22H,2,12-15,17H2,1H3. The number of carbonyl (C=O) groups is 1. The molecule has 5 rings (SSSR count). The lowest BCUT2D eigenvalue weighted by molar-refractivity contribution is -0.0222. The summed E-state index contributed by atoms with van der Waals surface area (Å²) in [6.07, 6.45) is 0.851. The van der Waals surface area contributed by atoms with Crippen molar-refractivity contribution in [2.24, 2.45) is 5.10 Å². The first-order valence-electron chi connectivity index (χ1n) is 12.2. The molecule has 0 radical (unpaired) electrons. The number of piperidine rings is 1. The first-order valence-corrected chi connectivity index (χ1v) is 12.6. The van der Waals surface area contributed by atoms with Crippen molar-refractivity contribution < 1.29 is 18.3 Å². The van der Waals surface area contributed by atoms with Crippen LogP contribution in [0.2, 0.25) is 5.02 Å². The van der Waals surface area contributed by atoms with E-state index < -0.39 is 11.9 Å². The van der Waals surface area contributed by atoms with Gasteiger partial charge in [0.1, 0.15) is 5.56 Å². The van der Waals surface area contributed by atoms with Gasteiger partial charge in [-0.05, 0) is 30.2 Å². The van der Waals surface area contributed by atoms with Crippen LogP contribution in [0.15, 0.2) is 65.9 Å². The SMILES string of the molecule is CCOC(=O)c1cnc(N2CCC(F)(F)CC2)nc1N1CC(c2ccccc2)C(c2ccc(Cl)cc2)=N1.